The molecule has 0 N–H and O–H groups in total. The number of halogens is 2. The van der Waals surface area contributed by atoms with E-state index in [1.54, 1.807) is 12.4 Å². The van der Waals surface area contributed by atoms with Crippen molar-refractivity contribution in [1.29, 1.82) is 0 Å². The smallest absolute Gasteiger partial charge is 0.262 e. The van der Waals surface area contributed by atoms with E-state index in [4.69, 9.17) is 4.79 Å². The standard InChI is InChI=1S/C4H4N2.CCl2O/c1-2-4-6-5-3-1;2-1(3)4/h1-4H;. The Balaban J connectivity index is 0.000000180. The van der Waals surface area contributed by atoms with Crippen LogP contribution in [0.2, 0.25) is 0 Å². The number of hydrogen-bond acceptors (Lipinski definition) is 3. The van der Waals surface area contributed by atoms with E-state index in [0.717, 1.165) is 0 Å². The molecule has 0 amide bonds. The van der Waals surface area contributed by atoms with Crippen LogP contribution in [-0.4, -0.2) is 14.9 Å². The van der Waals surface area contributed by atoms with Gasteiger partial charge in [-0.15, -0.1) is 0 Å². The first kappa shape index (κ1) is 9.33. The van der Waals surface area contributed by atoms with E-state index in [1.807, 2.05) is 12.1 Å². The summed E-state index contributed by atoms with van der Waals surface area (Å²) in [6, 6.07) is 3.65. The summed E-state index contributed by atoms with van der Waals surface area (Å²) in [4.78, 5) is 8.98. The molecule has 0 aliphatic heterocycles. The molecule has 0 aromatic carbocycles. The largest absolute Gasteiger partial charge is 0.313 e. The normalized spacial score (nSPS) is 7.40. The van der Waals surface area contributed by atoms with E-state index in [2.05, 4.69) is 33.4 Å². The van der Waals surface area contributed by atoms with Gasteiger partial charge in [0, 0.05) is 12.4 Å². The molecule has 0 unspecified atom stereocenters. The van der Waals surface area contributed by atoms with E-state index in [9.17, 15) is 0 Å². The molecular weight excluding hydrogens is 175 g/mol. The van der Waals surface area contributed by atoms with Gasteiger partial charge in [-0.05, 0) is 35.3 Å². The summed E-state index contributed by atoms with van der Waals surface area (Å²) in [7, 11) is 0. The summed E-state index contributed by atoms with van der Waals surface area (Å²) in [6.07, 6.45) is 3.28. The van der Waals surface area contributed by atoms with Crippen LogP contribution in [0, 0.1) is 0 Å². The number of aromatic nitrogens is 2. The monoisotopic (exact) mass is 178 g/mol. The lowest BCUT2D eigenvalue weighted by Crippen LogP contribution is -1.69. The third-order valence-corrected chi connectivity index (χ3v) is 0.483. The molecule has 0 radical (unpaired) electrons. The van der Waals surface area contributed by atoms with Crippen molar-refractivity contribution in [2.75, 3.05) is 0 Å². The molecule has 1 heterocycles. The second kappa shape index (κ2) is 6.45. The Morgan fingerprint density at radius 2 is 1.40 bits per heavy atom. The average Bonchev–Trinajstić information content (AvgIpc) is 1.90. The summed E-state index contributed by atoms with van der Waals surface area (Å²) in [6.45, 7) is 0. The Morgan fingerprint density at radius 3 is 1.50 bits per heavy atom. The van der Waals surface area contributed by atoms with E-state index >= 15 is 0 Å². The summed E-state index contributed by atoms with van der Waals surface area (Å²) >= 11 is 8.80. The van der Waals surface area contributed by atoms with E-state index < -0.39 is 4.70 Å². The average molecular weight is 179 g/mol. The Morgan fingerprint density at radius 1 is 1.10 bits per heavy atom. The maximum absolute atomic E-state index is 8.98. The number of nitrogens with zero attached hydrogens (tertiary/aromatic N) is 2. The van der Waals surface area contributed by atoms with Crippen molar-refractivity contribution in [3.63, 3.8) is 0 Å². The first-order valence-corrected chi connectivity index (χ1v) is 3.05. The van der Waals surface area contributed by atoms with Crippen molar-refractivity contribution in [2.24, 2.45) is 0 Å². The van der Waals surface area contributed by atoms with Gasteiger partial charge in [-0.25, -0.2) is 0 Å². The highest BCUT2D eigenvalue weighted by Gasteiger charge is 1.72. The zero-order valence-electron chi connectivity index (χ0n) is 4.87. The first-order valence-electron chi connectivity index (χ1n) is 2.30. The van der Waals surface area contributed by atoms with Gasteiger partial charge in [0.1, 0.15) is 0 Å². The fourth-order valence-corrected chi connectivity index (χ4v) is 0.253. The second-order valence-electron chi connectivity index (χ2n) is 1.14. The second-order valence-corrected chi connectivity index (χ2v) is 2.02. The predicted molar refractivity (Wildman–Crippen MR) is 39.1 cm³/mol. The van der Waals surface area contributed by atoms with Gasteiger partial charge in [-0.3, -0.25) is 4.79 Å². The van der Waals surface area contributed by atoms with Gasteiger partial charge in [-0.1, -0.05) is 0 Å². The van der Waals surface area contributed by atoms with Crippen molar-refractivity contribution >= 4 is 27.9 Å². The predicted octanol–water partition coefficient (Wildman–Crippen LogP) is 2.06. The van der Waals surface area contributed by atoms with Crippen molar-refractivity contribution in [2.45, 2.75) is 0 Å². The lowest BCUT2D eigenvalue weighted by molar-refractivity contribution is 0.275. The van der Waals surface area contributed by atoms with E-state index in [1.165, 1.54) is 0 Å². The molecule has 1 aromatic heterocycles. The van der Waals surface area contributed by atoms with Crippen molar-refractivity contribution in [3.05, 3.63) is 24.5 Å². The fourth-order valence-electron chi connectivity index (χ4n) is 0.253. The van der Waals surface area contributed by atoms with Crippen LogP contribution >= 0.6 is 23.2 Å². The van der Waals surface area contributed by atoms with Crippen LogP contribution in [0.1, 0.15) is 0 Å². The van der Waals surface area contributed by atoms with E-state index in [0.29, 0.717) is 0 Å². The van der Waals surface area contributed by atoms with Crippen molar-refractivity contribution < 1.29 is 4.79 Å². The van der Waals surface area contributed by atoms with Crippen LogP contribution in [-0.2, 0) is 0 Å². The highest BCUT2D eigenvalue weighted by atomic mass is 35.5. The van der Waals surface area contributed by atoms with Gasteiger partial charge >= 0.3 is 4.70 Å². The van der Waals surface area contributed by atoms with Crippen molar-refractivity contribution in [1.82, 2.24) is 10.2 Å². The van der Waals surface area contributed by atoms with Gasteiger partial charge in [0.15, 0.2) is 0 Å². The number of carbonyl (C=O) groups is 1. The molecule has 1 aromatic rings. The zero-order chi connectivity index (χ0) is 7.82. The molecule has 1 rings (SSSR count). The Labute approximate surface area is 68.0 Å². The summed E-state index contributed by atoms with van der Waals surface area (Å²) < 4.78 is -0.889. The molecule has 0 bridgehead atoms. The molecular formula is C5H4Cl2N2O. The van der Waals surface area contributed by atoms with Gasteiger partial charge in [-0.2, -0.15) is 10.2 Å². The lowest BCUT2D eigenvalue weighted by Gasteiger charge is -1.69. The summed E-state index contributed by atoms with van der Waals surface area (Å²) in [5.41, 5.74) is 0. The molecule has 0 spiro atoms. The Bertz CT molecular complexity index is 150. The first-order chi connectivity index (χ1) is 4.73. The van der Waals surface area contributed by atoms with Gasteiger partial charge < -0.3 is 0 Å². The highest BCUT2D eigenvalue weighted by Crippen LogP contribution is 1.84. The molecule has 0 aliphatic rings. The third-order valence-electron chi connectivity index (χ3n) is 0.483. The summed E-state index contributed by atoms with van der Waals surface area (Å²) in [5.74, 6) is 0. The zero-order valence-corrected chi connectivity index (χ0v) is 6.38. The lowest BCUT2D eigenvalue weighted by atomic mass is 10.6. The molecule has 0 atom stereocenters. The minimum atomic E-state index is -0.889. The number of carbonyl (C=O) groups excluding carboxylic acids is 1. The van der Waals surface area contributed by atoms with Gasteiger partial charge in [0.2, 0.25) is 0 Å². The number of hydrogen-bond donors (Lipinski definition) is 0. The van der Waals surface area contributed by atoms with Crippen molar-refractivity contribution in [3.8, 4) is 0 Å². The fraction of sp³-hybridized carbons (Fsp3) is 0. The summed E-state index contributed by atoms with van der Waals surface area (Å²) in [5, 5.41) is 7.07. The Hall–Kier alpha value is -0.670. The van der Waals surface area contributed by atoms with Crippen LogP contribution in [0.3, 0.4) is 0 Å². The maximum atomic E-state index is 8.98. The minimum Gasteiger partial charge on any atom is -0.262 e. The van der Waals surface area contributed by atoms with Crippen LogP contribution in [0.4, 0.5) is 4.79 Å². The van der Waals surface area contributed by atoms with E-state index in [-0.39, 0.29) is 0 Å². The molecule has 0 saturated heterocycles. The quantitative estimate of drug-likeness (QED) is 0.572. The maximum Gasteiger partial charge on any atom is 0.313 e. The third kappa shape index (κ3) is 10.3. The van der Waals surface area contributed by atoms with Crippen LogP contribution in [0.25, 0.3) is 0 Å². The van der Waals surface area contributed by atoms with Crippen LogP contribution in [0.15, 0.2) is 24.5 Å². The number of rotatable bonds is 0. The minimum absolute atomic E-state index is 0.889. The molecule has 0 aliphatic carbocycles. The molecule has 5 heteroatoms. The molecule has 10 heavy (non-hydrogen) atoms. The Kier molecular flexibility index (Phi) is 6.02. The SMILES string of the molecule is O=C(Cl)Cl.c1ccnnc1. The highest BCUT2D eigenvalue weighted by molar-refractivity contribution is 6.93. The van der Waals surface area contributed by atoms with Crippen LogP contribution in [0.5, 0.6) is 0 Å². The van der Waals surface area contributed by atoms with Crippen LogP contribution < -0.4 is 0 Å². The molecule has 3 nitrogen and oxygen atoms in total. The molecule has 0 saturated carbocycles. The van der Waals surface area contributed by atoms with Gasteiger partial charge in [0.25, 0.3) is 0 Å². The molecule has 54 valence electrons. The van der Waals surface area contributed by atoms with Gasteiger partial charge in [0.05, 0.1) is 0 Å². The topological polar surface area (TPSA) is 42.9 Å². The molecule has 0 fully saturated rings.